The number of piperazine rings is 1. The second-order valence-electron chi connectivity index (χ2n) is 14.3. The summed E-state index contributed by atoms with van der Waals surface area (Å²) >= 11 is 0. The summed E-state index contributed by atoms with van der Waals surface area (Å²) in [5, 5.41) is 25.8. The first-order valence-electron chi connectivity index (χ1n) is 17.4. The molecule has 5 heterocycles. The van der Waals surface area contributed by atoms with Crippen molar-refractivity contribution in [1.29, 1.82) is 0 Å². The number of quaternary nitrogens is 1. The van der Waals surface area contributed by atoms with Crippen molar-refractivity contribution in [2.24, 2.45) is 0 Å². The molecule has 3 fully saturated rings. The van der Waals surface area contributed by atoms with Crippen LogP contribution in [0, 0.1) is 6.92 Å². The highest BCUT2D eigenvalue weighted by Gasteiger charge is 2.64. The Kier molecular flexibility index (Phi) is 8.96. The van der Waals surface area contributed by atoms with Gasteiger partial charge in [0.15, 0.2) is 5.66 Å². The molecule has 48 heavy (non-hydrogen) atoms. The van der Waals surface area contributed by atoms with Gasteiger partial charge < -0.3 is 25.0 Å². The second-order valence-corrected chi connectivity index (χ2v) is 14.3. The van der Waals surface area contributed by atoms with Crippen LogP contribution in [0.5, 0.6) is 0 Å². The zero-order valence-corrected chi connectivity index (χ0v) is 28.1. The standard InChI is InChI=1S/C35H47N9O4/c1-25-21-26(22-31-32(25)38-39-37-31)24-44(34(47)48)19-10-29(43-14-7-27-5-3-4-6-30(27)36-33(43)46)23-35(44,11-20-45)42-12-8-28(9-13-42)41-17-15-40(2)16-18-41/h3-6,20-22,28-29H,7-19,23-24H2,1-2H3,(H2-,36,37,38,39,46,47,48)/p+1/t29?,35?,44-/m0/s1. The number of aryl methyl sites for hydroxylation is 1. The van der Waals surface area contributed by atoms with E-state index in [1.165, 1.54) is 0 Å². The molecule has 2 unspecified atom stereocenters. The van der Waals surface area contributed by atoms with Crippen molar-refractivity contribution >= 4 is 35.1 Å². The predicted molar refractivity (Wildman–Crippen MR) is 181 cm³/mol. The normalized spacial score (nSPS) is 28.2. The van der Waals surface area contributed by atoms with E-state index in [0.29, 0.717) is 57.0 Å². The van der Waals surface area contributed by atoms with E-state index in [4.69, 9.17) is 0 Å². The first-order valence-corrected chi connectivity index (χ1v) is 17.4. The summed E-state index contributed by atoms with van der Waals surface area (Å²) in [7, 11) is 2.16. The number of aromatic nitrogens is 3. The van der Waals surface area contributed by atoms with Crippen molar-refractivity contribution in [2.45, 2.75) is 69.7 Å². The minimum absolute atomic E-state index is 0.0653. The SMILES string of the molecule is Cc1cc(C[N@+]2(C(=O)O)CCC(N3CCc4ccccc4NC3=O)CC2(CC=O)N2CCC(N3CCN(C)CC3)CC2)cc2n[nH]nc12. The number of H-pyrrole nitrogens is 1. The van der Waals surface area contributed by atoms with Gasteiger partial charge in [-0.25, -0.2) is 9.28 Å². The molecule has 4 aliphatic heterocycles. The number of hydrogen-bond donors (Lipinski definition) is 3. The summed E-state index contributed by atoms with van der Waals surface area (Å²) in [6.45, 7) is 8.55. The van der Waals surface area contributed by atoms with Crippen LogP contribution in [0.15, 0.2) is 36.4 Å². The van der Waals surface area contributed by atoms with Crippen molar-refractivity contribution in [3.8, 4) is 0 Å². The van der Waals surface area contributed by atoms with E-state index < -0.39 is 11.8 Å². The Hall–Kier alpha value is -3.91. The summed E-state index contributed by atoms with van der Waals surface area (Å²) < 4.78 is -0.292. The summed E-state index contributed by atoms with van der Waals surface area (Å²) in [4.78, 5) is 49.6. The third-order valence-electron chi connectivity index (χ3n) is 11.8. The number of urea groups is 1. The number of benzene rings is 2. The zero-order valence-electron chi connectivity index (χ0n) is 28.1. The van der Waals surface area contributed by atoms with Crippen molar-refractivity contribution in [3.05, 3.63) is 53.1 Å². The molecule has 3 amide bonds. The van der Waals surface area contributed by atoms with Gasteiger partial charge in [-0.1, -0.05) is 18.2 Å². The summed E-state index contributed by atoms with van der Waals surface area (Å²) in [5.74, 6) is 0. The van der Waals surface area contributed by atoms with Crippen LogP contribution in [0.1, 0.15) is 48.8 Å². The molecule has 3 N–H and O–H groups in total. The van der Waals surface area contributed by atoms with Crippen molar-refractivity contribution in [3.63, 3.8) is 0 Å². The maximum atomic E-state index is 13.9. The number of para-hydroxylation sites is 1. The van der Waals surface area contributed by atoms with Gasteiger partial charge in [-0.2, -0.15) is 20.2 Å². The Morgan fingerprint density at radius 2 is 1.81 bits per heavy atom. The third kappa shape index (κ3) is 5.76. The second kappa shape index (κ2) is 13.2. The molecule has 0 radical (unpaired) electrons. The van der Waals surface area contributed by atoms with Gasteiger partial charge in [0.05, 0.1) is 13.0 Å². The summed E-state index contributed by atoms with van der Waals surface area (Å²) in [6.07, 6.45) is 3.48. The zero-order chi connectivity index (χ0) is 33.5. The van der Waals surface area contributed by atoms with Crippen molar-refractivity contribution in [2.75, 3.05) is 64.7 Å². The lowest BCUT2D eigenvalue weighted by atomic mass is 9.81. The van der Waals surface area contributed by atoms with Crippen LogP contribution in [0.4, 0.5) is 15.3 Å². The molecule has 1 aromatic heterocycles. The number of fused-ring (bicyclic) bond motifs is 2. The molecule has 0 saturated carbocycles. The predicted octanol–water partition coefficient (Wildman–Crippen LogP) is 3.51. The van der Waals surface area contributed by atoms with Gasteiger partial charge in [0.2, 0.25) is 0 Å². The van der Waals surface area contributed by atoms with Gasteiger partial charge >= 0.3 is 12.1 Å². The number of hydrogen-bond acceptors (Lipinski definition) is 8. The van der Waals surface area contributed by atoms with Crippen LogP contribution >= 0.6 is 0 Å². The Bertz CT molecular complexity index is 1660. The summed E-state index contributed by atoms with van der Waals surface area (Å²) in [6, 6.07) is 11.9. The van der Waals surface area contributed by atoms with Gasteiger partial charge in [-0.15, -0.1) is 0 Å². The largest absolute Gasteiger partial charge is 0.515 e. The van der Waals surface area contributed by atoms with E-state index in [-0.39, 0.29) is 29.5 Å². The molecule has 256 valence electrons. The van der Waals surface area contributed by atoms with Crippen molar-refractivity contribution in [1.82, 2.24) is 35.0 Å². The molecule has 0 spiro atoms. The lowest BCUT2D eigenvalue weighted by molar-refractivity contribution is -0.942. The number of aromatic amines is 1. The molecule has 3 atom stereocenters. The molecule has 4 aliphatic rings. The number of amides is 3. The fourth-order valence-corrected chi connectivity index (χ4v) is 9.15. The van der Waals surface area contributed by atoms with E-state index in [1.54, 1.807) is 0 Å². The van der Waals surface area contributed by atoms with E-state index in [2.05, 4.69) is 42.5 Å². The maximum absolute atomic E-state index is 13.9. The van der Waals surface area contributed by atoms with Crippen LogP contribution in [0.25, 0.3) is 11.0 Å². The molecule has 13 heteroatoms. The molecule has 13 nitrogen and oxygen atoms in total. The number of nitrogens with zero attached hydrogens (tertiary/aromatic N) is 7. The Morgan fingerprint density at radius 3 is 2.56 bits per heavy atom. The number of rotatable bonds is 7. The Labute approximate surface area is 281 Å². The average Bonchev–Trinajstić information content (AvgIpc) is 3.49. The van der Waals surface area contributed by atoms with E-state index in [1.807, 2.05) is 48.2 Å². The van der Waals surface area contributed by atoms with Crippen molar-refractivity contribution < 1.29 is 24.0 Å². The molecule has 3 aromatic rings. The van der Waals surface area contributed by atoms with Crippen LogP contribution < -0.4 is 5.32 Å². The first-order chi connectivity index (χ1) is 23.2. The van der Waals surface area contributed by atoms with E-state index in [0.717, 1.165) is 73.2 Å². The van der Waals surface area contributed by atoms with E-state index >= 15 is 0 Å². The average molecular weight is 659 g/mol. The fraction of sp³-hybridized carbons (Fsp3) is 0.571. The number of piperidine rings is 2. The lowest BCUT2D eigenvalue weighted by Gasteiger charge is -2.59. The number of carboxylic acid groups (broad SMARTS) is 1. The number of likely N-dealkylation sites (N-methyl/N-ethyl adjacent to an activating group) is 1. The molecule has 2 aromatic carbocycles. The Morgan fingerprint density at radius 1 is 1.04 bits per heavy atom. The number of anilines is 1. The highest BCUT2D eigenvalue weighted by Crippen LogP contribution is 2.46. The first kappa shape index (κ1) is 32.6. The Balaban J connectivity index is 1.24. The quantitative estimate of drug-likeness (QED) is 0.257. The highest BCUT2D eigenvalue weighted by molar-refractivity contribution is 5.91. The maximum Gasteiger partial charge on any atom is 0.515 e. The van der Waals surface area contributed by atoms with Gasteiger partial charge in [-0.05, 0) is 62.6 Å². The molecular formula is C35H48N9O4+. The fourth-order valence-electron chi connectivity index (χ4n) is 9.15. The topological polar surface area (TPSA) is 138 Å². The molecule has 0 aliphatic carbocycles. The number of likely N-dealkylation sites (tertiary alicyclic amines) is 2. The van der Waals surface area contributed by atoms with Crippen LogP contribution in [-0.4, -0.2) is 140 Å². The minimum Gasteiger partial charge on any atom is -0.435 e. The number of carbonyl (C=O) groups is 3. The number of nitrogens with one attached hydrogen (secondary N) is 2. The van der Waals surface area contributed by atoms with E-state index in [9.17, 15) is 19.5 Å². The van der Waals surface area contributed by atoms with Crippen LogP contribution in [0.3, 0.4) is 0 Å². The van der Waals surface area contributed by atoms with Gasteiger partial charge in [0, 0.05) is 82.0 Å². The molecular weight excluding hydrogens is 610 g/mol. The number of carbonyl (C=O) groups excluding carboxylic acids is 2. The molecule has 3 saturated heterocycles. The molecule has 7 rings (SSSR count). The monoisotopic (exact) mass is 658 g/mol. The lowest BCUT2D eigenvalue weighted by Crippen LogP contribution is -2.78. The smallest absolute Gasteiger partial charge is 0.435 e. The number of aldehydes is 1. The highest BCUT2D eigenvalue weighted by atomic mass is 16.4. The van der Waals surface area contributed by atoms with Gasteiger partial charge in [0.25, 0.3) is 0 Å². The van der Waals surface area contributed by atoms with Gasteiger partial charge in [0.1, 0.15) is 23.9 Å². The minimum atomic E-state index is -1.05. The van der Waals surface area contributed by atoms with Crippen LogP contribution in [-0.2, 0) is 17.8 Å². The van der Waals surface area contributed by atoms with Gasteiger partial charge in [-0.3, -0.25) is 9.80 Å². The summed E-state index contributed by atoms with van der Waals surface area (Å²) in [5.41, 5.74) is 4.08. The van der Waals surface area contributed by atoms with Crippen LogP contribution in [0.2, 0.25) is 0 Å². The third-order valence-corrected chi connectivity index (χ3v) is 11.8. The molecule has 0 bridgehead atoms.